The van der Waals surface area contributed by atoms with Crippen LogP contribution in [0.2, 0.25) is 6.04 Å². The van der Waals surface area contributed by atoms with Crippen molar-refractivity contribution in [2.45, 2.75) is 36.6 Å². The molecule has 1 saturated heterocycles. The Morgan fingerprint density at radius 1 is 1.42 bits per heavy atom. The zero-order valence-corrected chi connectivity index (χ0v) is 11.0. The number of rotatable bonds is 1. The van der Waals surface area contributed by atoms with Crippen molar-refractivity contribution >= 4 is 19.0 Å². The van der Waals surface area contributed by atoms with Crippen LogP contribution in [0.15, 0.2) is 11.8 Å². The van der Waals surface area contributed by atoms with Crippen LogP contribution < -0.4 is 0 Å². The lowest BCUT2D eigenvalue weighted by atomic mass is 10.2. The first-order valence-electron chi connectivity index (χ1n) is 5.12. The van der Waals surface area contributed by atoms with E-state index in [-0.39, 0.29) is 0 Å². The number of ether oxygens (including phenoxy) is 1. The Kier molecular flexibility index (Phi) is 2.53. The molecule has 1 nitrogen and oxygen atoms in total. The Labute approximate surface area is 79.2 Å². The highest BCUT2D eigenvalue weighted by molar-refractivity contribution is 6.75. The smallest absolute Gasteiger partial charge is 0.0933 e. The van der Waals surface area contributed by atoms with Crippen molar-refractivity contribution < 1.29 is 4.74 Å². The van der Waals surface area contributed by atoms with E-state index in [1.54, 1.807) is 0 Å². The van der Waals surface area contributed by atoms with Crippen LogP contribution in [0, 0.1) is 0 Å². The standard InChI is InChI=1S/C9H18OSi2/c11-9(5-1-2-6-10-9)12-7-3-4-8-12/h3,7,12H,1-2,4-6,8H2,11H3. The van der Waals surface area contributed by atoms with Crippen LogP contribution >= 0.6 is 0 Å². The van der Waals surface area contributed by atoms with Gasteiger partial charge in [-0.3, -0.25) is 0 Å². The fraction of sp³-hybridized carbons (Fsp3) is 0.778. The third kappa shape index (κ3) is 1.58. The third-order valence-electron chi connectivity index (χ3n) is 3.30. The molecule has 0 bridgehead atoms. The summed E-state index contributed by atoms with van der Waals surface area (Å²) in [6.45, 7) is 1.04. The fourth-order valence-electron chi connectivity index (χ4n) is 2.39. The van der Waals surface area contributed by atoms with Gasteiger partial charge >= 0.3 is 0 Å². The number of hydrogen-bond acceptors (Lipinski definition) is 1. The van der Waals surface area contributed by atoms with Crippen LogP contribution in [0.3, 0.4) is 0 Å². The van der Waals surface area contributed by atoms with E-state index in [0.717, 1.165) is 6.61 Å². The maximum Gasteiger partial charge on any atom is 0.0933 e. The number of hydrogen-bond donors (Lipinski definition) is 0. The van der Waals surface area contributed by atoms with Crippen molar-refractivity contribution in [3.8, 4) is 0 Å². The molecule has 2 aliphatic heterocycles. The molecule has 2 aliphatic rings. The maximum atomic E-state index is 6.02. The van der Waals surface area contributed by atoms with Gasteiger partial charge in [-0.15, -0.1) is 0 Å². The van der Waals surface area contributed by atoms with Gasteiger partial charge in [0.2, 0.25) is 0 Å². The molecule has 2 rings (SSSR count). The van der Waals surface area contributed by atoms with Crippen molar-refractivity contribution in [1.29, 1.82) is 0 Å². The average molecular weight is 198 g/mol. The molecular formula is C9H18OSi2. The van der Waals surface area contributed by atoms with Crippen molar-refractivity contribution in [2.75, 3.05) is 6.61 Å². The van der Waals surface area contributed by atoms with E-state index in [2.05, 4.69) is 11.8 Å². The Balaban J connectivity index is 2.02. The topological polar surface area (TPSA) is 9.23 Å². The quantitative estimate of drug-likeness (QED) is 0.558. The van der Waals surface area contributed by atoms with E-state index < -0.39 is 8.80 Å². The summed E-state index contributed by atoms with van der Waals surface area (Å²) in [5.41, 5.74) is 2.53. The van der Waals surface area contributed by atoms with Crippen LogP contribution in [-0.2, 0) is 4.74 Å². The van der Waals surface area contributed by atoms with Crippen molar-refractivity contribution in [1.82, 2.24) is 0 Å². The van der Waals surface area contributed by atoms with Crippen LogP contribution in [0.25, 0.3) is 0 Å². The lowest BCUT2D eigenvalue weighted by Crippen LogP contribution is -2.49. The molecule has 0 aliphatic carbocycles. The zero-order valence-electron chi connectivity index (χ0n) is 7.88. The normalized spacial score (nSPS) is 42.2. The van der Waals surface area contributed by atoms with Crippen LogP contribution in [-0.4, -0.2) is 30.5 Å². The second kappa shape index (κ2) is 3.48. The van der Waals surface area contributed by atoms with E-state index in [0.29, 0.717) is 4.85 Å². The SMILES string of the molecule is [SiH3]C1([SiH]2C=CCC2)CCCCO1. The van der Waals surface area contributed by atoms with Crippen LogP contribution in [0.5, 0.6) is 0 Å². The molecule has 0 aromatic rings. The summed E-state index contributed by atoms with van der Waals surface area (Å²) in [5, 5.41) is 0. The lowest BCUT2D eigenvalue weighted by molar-refractivity contribution is 0.0337. The predicted octanol–water partition coefficient (Wildman–Crippen LogP) is 0.514. The average Bonchev–Trinajstić information content (AvgIpc) is 2.58. The molecule has 0 radical (unpaired) electrons. The molecule has 12 heavy (non-hydrogen) atoms. The molecule has 3 heteroatoms. The van der Waals surface area contributed by atoms with Gasteiger partial charge in [-0.05, 0) is 25.7 Å². The first kappa shape index (κ1) is 8.72. The largest absolute Gasteiger partial charge is 0.383 e. The first-order chi connectivity index (χ1) is 5.81. The van der Waals surface area contributed by atoms with Gasteiger partial charge < -0.3 is 4.74 Å². The molecule has 0 saturated carbocycles. The second-order valence-electron chi connectivity index (χ2n) is 4.23. The summed E-state index contributed by atoms with van der Waals surface area (Å²) in [6, 6.07) is 1.48. The minimum atomic E-state index is -0.618. The Morgan fingerprint density at radius 2 is 2.33 bits per heavy atom. The highest BCUT2D eigenvalue weighted by atomic mass is 28.3. The van der Waals surface area contributed by atoms with E-state index >= 15 is 0 Å². The van der Waals surface area contributed by atoms with Gasteiger partial charge in [0, 0.05) is 21.7 Å². The molecule has 0 aromatic carbocycles. The Bertz CT molecular complexity index is 185. The van der Waals surface area contributed by atoms with Crippen molar-refractivity contribution in [3.05, 3.63) is 11.8 Å². The van der Waals surface area contributed by atoms with Gasteiger partial charge in [-0.25, -0.2) is 0 Å². The van der Waals surface area contributed by atoms with E-state index in [1.807, 2.05) is 0 Å². The minimum absolute atomic E-state index is 0.450. The van der Waals surface area contributed by atoms with Gasteiger partial charge in [0.15, 0.2) is 0 Å². The highest BCUT2D eigenvalue weighted by Crippen LogP contribution is 2.29. The molecule has 2 atom stereocenters. The molecular weight excluding hydrogens is 180 g/mol. The molecule has 0 amide bonds. The Hall–Kier alpha value is 0.134. The van der Waals surface area contributed by atoms with Crippen molar-refractivity contribution in [3.63, 3.8) is 0 Å². The molecule has 68 valence electrons. The fourth-order valence-corrected chi connectivity index (χ4v) is 7.58. The van der Waals surface area contributed by atoms with Crippen molar-refractivity contribution in [2.24, 2.45) is 0 Å². The van der Waals surface area contributed by atoms with Crippen LogP contribution in [0.4, 0.5) is 0 Å². The summed E-state index contributed by atoms with van der Waals surface area (Å²) >= 11 is 0. The van der Waals surface area contributed by atoms with E-state index in [1.165, 1.54) is 42.0 Å². The first-order valence-corrected chi connectivity index (χ1v) is 8.18. The monoisotopic (exact) mass is 198 g/mol. The summed E-state index contributed by atoms with van der Waals surface area (Å²) in [5.74, 6) is 0. The van der Waals surface area contributed by atoms with Gasteiger partial charge in [0.05, 0.1) is 8.80 Å². The molecule has 1 fully saturated rings. The summed E-state index contributed by atoms with van der Waals surface area (Å²) in [7, 11) is 0.642. The van der Waals surface area contributed by atoms with E-state index in [9.17, 15) is 0 Å². The zero-order chi connectivity index (χ0) is 8.44. The van der Waals surface area contributed by atoms with Gasteiger partial charge in [0.25, 0.3) is 0 Å². The molecule has 2 unspecified atom stereocenters. The highest BCUT2D eigenvalue weighted by Gasteiger charge is 2.36. The van der Waals surface area contributed by atoms with Gasteiger partial charge in [-0.1, -0.05) is 17.8 Å². The minimum Gasteiger partial charge on any atom is -0.383 e. The second-order valence-corrected chi connectivity index (χ2v) is 10.5. The predicted molar refractivity (Wildman–Crippen MR) is 58.2 cm³/mol. The molecule has 0 aromatic heterocycles. The Morgan fingerprint density at radius 3 is 2.92 bits per heavy atom. The lowest BCUT2D eigenvalue weighted by Gasteiger charge is -2.37. The third-order valence-corrected chi connectivity index (χ3v) is 10.0. The summed E-state index contributed by atoms with van der Waals surface area (Å²) < 4.78 is 6.02. The molecule has 2 heterocycles. The van der Waals surface area contributed by atoms with Gasteiger partial charge in [-0.2, -0.15) is 0 Å². The van der Waals surface area contributed by atoms with E-state index in [4.69, 9.17) is 4.74 Å². The summed E-state index contributed by atoms with van der Waals surface area (Å²) in [4.78, 5) is 0.450. The maximum absolute atomic E-state index is 6.02. The molecule has 0 N–H and O–H groups in total. The summed E-state index contributed by atoms with van der Waals surface area (Å²) in [6.07, 6.45) is 7.81. The van der Waals surface area contributed by atoms with Gasteiger partial charge in [0.1, 0.15) is 0 Å². The van der Waals surface area contributed by atoms with Crippen LogP contribution in [0.1, 0.15) is 25.7 Å². The molecule has 0 spiro atoms. The number of allylic oxidation sites excluding steroid dienone is 1.